The molecule has 3 aromatic rings. The van der Waals surface area contributed by atoms with E-state index in [0.717, 1.165) is 28.0 Å². The van der Waals surface area contributed by atoms with Crippen molar-refractivity contribution in [2.75, 3.05) is 20.3 Å². The van der Waals surface area contributed by atoms with Crippen LogP contribution in [0.3, 0.4) is 0 Å². The molecule has 0 aliphatic heterocycles. The Labute approximate surface area is 145 Å². The van der Waals surface area contributed by atoms with Crippen LogP contribution >= 0.6 is 0 Å². The molecule has 0 amide bonds. The smallest absolute Gasteiger partial charge is 0.238 e. The fraction of sp³-hybridized carbons (Fsp3) is 0.316. The van der Waals surface area contributed by atoms with Gasteiger partial charge in [0.25, 0.3) is 0 Å². The Kier molecular flexibility index (Phi) is 5.31. The third-order valence-corrected chi connectivity index (χ3v) is 3.96. The van der Waals surface area contributed by atoms with E-state index in [9.17, 15) is 4.39 Å². The van der Waals surface area contributed by atoms with Crippen LogP contribution in [-0.4, -0.2) is 29.7 Å². The Morgan fingerprint density at radius 3 is 2.60 bits per heavy atom. The van der Waals surface area contributed by atoms with Gasteiger partial charge in [0.15, 0.2) is 0 Å². The van der Waals surface area contributed by atoms with Crippen molar-refractivity contribution in [3.8, 4) is 5.88 Å². The second-order valence-corrected chi connectivity index (χ2v) is 5.86. The number of rotatable bonds is 7. The summed E-state index contributed by atoms with van der Waals surface area (Å²) in [6, 6.07) is 8.58. The summed E-state index contributed by atoms with van der Waals surface area (Å²) < 4.78 is 21.0. The largest absolute Gasteiger partial charge is 0.474 e. The number of halogens is 1. The highest BCUT2D eigenvalue weighted by Gasteiger charge is 2.14. The van der Waals surface area contributed by atoms with Crippen LogP contribution in [0.15, 0.2) is 36.5 Å². The van der Waals surface area contributed by atoms with Crippen LogP contribution in [0, 0.1) is 19.7 Å². The van der Waals surface area contributed by atoms with Crippen LogP contribution in [0.25, 0.3) is 5.52 Å². The second-order valence-electron chi connectivity index (χ2n) is 5.86. The molecule has 1 aromatic carbocycles. The minimum absolute atomic E-state index is 0.234. The SMILES string of the molecule is COOCCOc1nc(C)c(Cc2ccc(F)cc2)n2cc(C)cc12. The highest BCUT2D eigenvalue weighted by Crippen LogP contribution is 2.25. The number of hydrogen-bond acceptors (Lipinski definition) is 4. The number of aryl methyl sites for hydroxylation is 2. The zero-order valence-corrected chi connectivity index (χ0v) is 14.6. The average molecular weight is 344 g/mol. The Morgan fingerprint density at radius 1 is 1.12 bits per heavy atom. The van der Waals surface area contributed by atoms with E-state index in [-0.39, 0.29) is 5.82 Å². The summed E-state index contributed by atoms with van der Waals surface area (Å²) in [7, 11) is 1.46. The molecule has 0 unspecified atom stereocenters. The van der Waals surface area contributed by atoms with Crippen LogP contribution in [0.1, 0.15) is 22.5 Å². The van der Waals surface area contributed by atoms with Crippen LogP contribution in [-0.2, 0) is 16.2 Å². The minimum atomic E-state index is -0.234. The standard InChI is InChI=1S/C19H21FN2O3/c1-13-10-18-19(24-8-9-25-23-3)21-14(2)17(22(18)12-13)11-15-4-6-16(20)7-5-15/h4-7,10,12H,8-9,11H2,1-3H3. The van der Waals surface area contributed by atoms with E-state index in [1.807, 2.05) is 19.9 Å². The van der Waals surface area contributed by atoms with E-state index >= 15 is 0 Å². The molecule has 0 radical (unpaired) electrons. The Morgan fingerprint density at radius 2 is 1.88 bits per heavy atom. The summed E-state index contributed by atoms with van der Waals surface area (Å²) >= 11 is 0. The van der Waals surface area contributed by atoms with Crippen LogP contribution in [0.5, 0.6) is 5.88 Å². The number of benzene rings is 1. The van der Waals surface area contributed by atoms with Gasteiger partial charge in [-0.1, -0.05) is 12.1 Å². The molecule has 0 bridgehead atoms. The molecule has 132 valence electrons. The predicted octanol–water partition coefficient (Wildman–Crippen LogP) is 3.64. The quantitative estimate of drug-likeness (QED) is 0.373. The zero-order valence-electron chi connectivity index (χ0n) is 14.6. The number of aromatic nitrogens is 2. The number of hydrogen-bond donors (Lipinski definition) is 0. The molecular weight excluding hydrogens is 323 g/mol. The molecule has 0 aliphatic rings. The maximum Gasteiger partial charge on any atom is 0.238 e. The summed E-state index contributed by atoms with van der Waals surface area (Å²) in [4.78, 5) is 14.0. The van der Waals surface area contributed by atoms with Crippen molar-refractivity contribution in [1.82, 2.24) is 9.38 Å². The maximum absolute atomic E-state index is 13.1. The van der Waals surface area contributed by atoms with E-state index in [0.29, 0.717) is 25.5 Å². The van der Waals surface area contributed by atoms with E-state index < -0.39 is 0 Å². The van der Waals surface area contributed by atoms with Gasteiger partial charge in [0, 0.05) is 18.3 Å². The van der Waals surface area contributed by atoms with Gasteiger partial charge in [-0.2, -0.15) is 0 Å². The minimum Gasteiger partial charge on any atom is -0.474 e. The van der Waals surface area contributed by atoms with E-state index in [2.05, 4.69) is 20.5 Å². The molecule has 2 aromatic heterocycles. The van der Waals surface area contributed by atoms with E-state index in [4.69, 9.17) is 9.62 Å². The van der Waals surface area contributed by atoms with Crippen molar-refractivity contribution < 1.29 is 18.9 Å². The number of ether oxygens (including phenoxy) is 1. The number of nitrogens with zero attached hydrogens (tertiary/aromatic N) is 2. The van der Waals surface area contributed by atoms with Gasteiger partial charge in [0.05, 0.1) is 12.8 Å². The van der Waals surface area contributed by atoms with Crippen molar-refractivity contribution in [3.05, 3.63) is 64.9 Å². The van der Waals surface area contributed by atoms with Gasteiger partial charge in [-0.3, -0.25) is 0 Å². The van der Waals surface area contributed by atoms with Crippen molar-refractivity contribution in [3.63, 3.8) is 0 Å². The summed E-state index contributed by atoms with van der Waals surface area (Å²) in [6.07, 6.45) is 2.72. The maximum atomic E-state index is 13.1. The first-order valence-corrected chi connectivity index (χ1v) is 8.09. The molecule has 0 atom stereocenters. The summed E-state index contributed by atoms with van der Waals surface area (Å²) in [5.41, 5.74) is 4.97. The lowest BCUT2D eigenvalue weighted by atomic mass is 10.1. The highest BCUT2D eigenvalue weighted by molar-refractivity contribution is 5.60. The molecule has 0 saturated heterocycles. The first-order chi connectivity index (χ1) is 12.1. The molecule has 0 fully saturated rings. The van der Waals surface area contributed by atoms with Gasteiger partial charge in [-0.25, -0.2) is 19.1 Å². The molecule has 5 nitrogen and oxygen atoms in total. The normalized spacial score (nSPS) is 11.2. The van der Waals surface area contributed by atoms with Gasteiger partial charge >= 0.3 is 0 Å². The molecule has 0 saturated carbocycles. The average Bonchev–Trinajstić information content (AvgIpc) is 2.98. The topological polar surface area (TPSA) is 45.0 Å². The molecule has 6 heteroatoms. The summed E-state index contributed by atoms with van der Waals surface area (Å²) in [5.74, 6) is 0.329. The Bertz CT molecular complexity index is 859. The fourth-order valence-corrected chi connectivity index (χ4v) is 2.80. The van der Waals surface area contributed by atoms with Gasteiger partial charge in [0.1, 0.15) is 24.5 Å². The molecule has 0 N–H and O–H groups in total. The van der Waals surface area contributed by atoms with E-state index in [1.165, 1.54) is 19.2 Å². The molecule has 0 spiro atoms. The van der Waals surface area contributed by atoms with E-state index in [1.54, 1.807) is 12.1 Å². The van der Waals surface area contributed by atoms with Crippen LogP contribution in [0.2, 0.25) is 0 Å². The monoisotopic (exact) mass is 344 g/mol. The zero-order chi connectivity index (χ0) is 17.8. The summed E-state index contributed by atoms with van der Waals surface area (Å²) in [5, 5.41) is 0. The molecule has 3 rings (SSSR count). The Hall–Kier alpha value is -2.44. The van der Waals surface area contributed by atoms with Crippen molar-refractivity contribution in [1.29, 1.82) is 0 Å². The lowest BCUT2D eigenvalue weighted by molar-refractivity contribution is -0.275. The first-order valence-electron chi connectivity index (χ1n) is 8.09. The molecular formula is C19H21FN2O3. The molecule has 0 aliphatic carbocycles. The van der Waals surface area contributed by atoms with Gasteiger partial charge in [-0.15, -0.1) is 0 Å². The summed E-state index contributed by atoms with van der Waals surface area (Å²) in [6.45, 7) is 4.64. The third-order valence-electron chi connectivity index (χ3n) is 3.96. The van der Waals surface area contributed by atoms with Crippen LogP contribution < -0.4 is 4.74 Å². The van der Waals surface area contributed by atoms with Crippen molar-refractivity contribution in [2.24, 2.45) is 0 Å². The van der Waals surface area contributed by atoms with Crippen molar-refractivity contribution >= 4 is 5.52 Å². The Balaban J connectivity index is 1.93. The molecule has 25 heavy (non-hydrogen) atoms. The lowest BCUT2D eigenvalue weighted by Gasteiger charge is -2.14. The van der Waals surface area contributed by atoms with Crippen LogP contribution in [0.4, 0.5) is 4.39 Å². The molecule has 2 heterocycles. The third kappa shape index (κ3) is 3.97. The van der Waals surface area contributed by atoms with Gasteiger partial charge in [-0.05, 0) is 43.2 Å². The lowest BCUT2D eigenvalue weighted by Crippen LogP contribution is -2.10. The number of fused-ring (bicyclic) bond motifs is 1. The van der Waals surface area contributed by atoms with Gasteiger partial charge < -0.3 is 9.14 Å². The van der Waals surface area contributed by atoms with Gasteiger partial charge in [0.2, 0.25) is 5.88 Å². The highest BCUT2D eigenvalue weighted by atomic mass is 19.1. The fourth-order valence-electron chi connectivity index (χ4n) is 2.80. The van der Waals surface area contributed by atoms with Crippen molar-refractivity contribution in [2.45, 2.75) is 20.3 Å². The second kappa shape index (κ2) is 7.63. The first kappa shape index (κ1) is 17.4. The predicted molar refractivity (Wildman–Crippen MR) is 92.3 cm³/mol.